The molecule has 1 fully saturated rings. The Morgan fingerprint density at radius 1 is 1.11 bits per heavy atom. The lowest BCUT2D eigenvalue weighted by molar-refractivity contribution is 0.171. The predicted molar refractivity (Wildman–Crippen MR) is 69.5 cm³/mol. The summed E-state index contributed by atoms with van der Waals surface area (Å²) < 4.78 is 11.2. The number of nitrogens with two attached hydrogens (primary N) is 1. The molecule has 18 heavy (non-hydrogen) atoms. The predicted octanol–water partition coefficient (Wildman–Crippen LogP) is 2.15. The van der Waals surface area contributed by atoms with Gasteiger partial charge in [-0.25, -0.2) is 0 Å². The maximum Gasteiger partial charge on any atom is 0.161 e. The molecule has 4 nitrogen and oxygen atoms in total. The molecule has 0 saturated heterocycles. The van der Waals surface area contributed by atoms with Crippen molar-refractivity contribution < 1.29 is 9.47 Å². The number of ether oxygens (including phenoxy) is 2. The van der Waals surface area contributed by atoms with Gasteiger partial charge in [0.05, 0.1) is 0 Å². The van der Waals surface area contributed by atoms with Crippen LogP contribution in [0.15, 0.2) is 18.2 Å². The van der Waals surface area contributed by atoms with Crippen LogP contribution in [0.2, 0.25) is 0 Å². The van der Waals surface area contributed by atoms with E-state index in [9.17, 15) is 0 Å². The quantitative estimate of drug-likeness (QED) is 0.635. The van der Waals surface area contributed by atoms with E-state index in [4.69, 9.17) is 15.3 Å². The van der Waals surface area contributed by atoms with Gasteiger partial charge in [0.15, 0.2) is 11.5 Å². The highest BCUT2D eigenvalue weighted by Gasteiger charge is 2.26. The van der Waals surface area contributed by atoms with Gasteiger partial charge in [-0.3, -0.25) is 11.3 Å². The number of hydrogen-bond donors (Lipinski definition) is 2. The second-order valence-corrected chi connectivity index (χ2v) is 5.09. The minimum atomic E-state index is 0.225. The minimum Gasteiger partial charge on any atom is -0.486 e. The van der Waals surface area contributed by atoms with Gasteiger partial charge >= 0.3 is 0 Å². The first-order chi connectivity index (χ1) is 8.88. The van der Waals surface area contributed by atoms with E-state index in [0.717, 1.165) is 11.5 Å². The molecule has 1 atom stereocenters. The van der Waals surface area contributed by atoms with E-state index in [-0.39, 0.29) is 6.04 Å². The summed E-state index contributed by atoms with van der Waals surface area (Å²) in [4.78, 5) is 0. The molecule has 1 saturated carbocycles. The molecule has 4 heteroatoms. The summed E-state index contributed by atoms with van der Waals surface area (Å²) in [6.07, 6.45) is 5.13. The van der Waals surface area contributed by atoms with Crippen LogP contribution in [0.5, 0.6) is 11.5 Å². The van der Waals surface area contributed by atoms with Crippen LogP contribution in [0.4, 0.5) is 0 Å². The number of rotatable bonds is 3. The molecule has 1 unspecified atom stereocenters. The Labute approximate surface area is 107 Å². The van der Waals surface area contributed by atoms with Crippen LogP contribution in [0.3, 0.4) is 0 Å². The van der Waals surface area contributed by atoms with Gasteiger partial charge < -0.3 is 9.47 Å². The zero-order chi connectivity index (χ0) is 12.4. The molecular weight excluding hydrogens is 228 g/mol. The Morgan fingerprint density at radius 3 is 2.56 bits per heavy atom. The lowest BCUT2D eigenvalue weighted by Crippen LogP contribution is -2.32. The third-order valence-corrected chi connectivity index (χ3v) is 3.98. The van der Waals surface area contributed by atoms with Gasteiger partial charge in [-0.15, -0.1) is 0 Å². The smallest absolute Gasteiger partial charge is 0.161 e. The van der Waals surface area contributed by atoms with Crippen molar-refractivity contribution in [3.05, 3.63) is 23.8 Å². The first-order valence-electron chi connectivity index (χ1n) is 6.74. The van der Waals surface area contributed by atoms with Crippen molar-refractivity contribution >= 4 is 0 Å². The van der Waals surface area contributed by atoms with E-state index in [1.165, 1.54) is 31.2 Å². The molecule has 0 radical (unpaired) electrons. The average molecular weight is 248 g/mol. The summed E-state index contributed by atoms with van der Waals surface area (Å²) in [5.41, 5.74) is 4.17. The van der Waals surface area contributed by atoms with E-state index in [1.807, 2.05) is 6.07 Å². The van der Waals surface area contributed by atoms with Crippen molar-refractivity contribution in [1.82, 2.24) is 5.43 Å². The molecule has 0 amide bonds. The van der Waals surface area contributed by atoms with E-state index in [1.54, 1.807) is 0 Å². The molecule has 0 bridgehead atoms. The molecule has 1 aliphatic carbocycles. The Kier molecular flexibility index (Phi) is 3.39. The highest BCUT2D eigenvalue weighted by molar-refractivity contribution is 5.44. The molecule has 1 aromatic rings. The lowest BCUT2D eigenvalue weighted by atomic mass is 9.92. The summed E-state index contributed by atoms with van der Waals surface area (Å²) >= 11 is 0. The maximum absolute atomic E-state index is 5.74. The van der Waals surface area contributed by atoms with E-state index >= 15 is 0 Å². The monoisotopic (exact) mass is 248 g/mol. The number of benzene rings is 1. The van der Waals surface area contributed by atoms with Crippen molar-refractivity contribution in [2.24, 2.45) is 11.8 Å². The van der Waals surface area contributed by atoms with Crippen molar-refractivity contribution in [3.63, 3.8) is 0 Å². The Balaban J connectivity index is 1.85. The zero-order valence-electron chi connectivity index (χ0n) is 10.5. The van der Waals surface area contributed by atoms with Crippen LogP contribution >= 0.6 is 0 Å². The molecule has 0 spiro atoms. The summed E-state index contributed by atoms with van der Waals surface area (Å²) in [5.74, 6) is 8.06. The number of hydrazine groups is 1. The van der Waals surface area contributed by atoms with Gasteiger partial charge in [0.25, 0.3) is 0 Å². The molecule has 1 aromatic carbocycles. The van der Waals surface area contributed by atoms with Crippen LogP contribution in [0.25, 0.3) is 0 Å². The van der Waals surface area contributed by atoms with Crippen LogP contribution < -0.4 is 20.7 Å². The van der Waals surface area contributed by atoms with Crippen molar-refractivity contribution in [2.45, 2.75) is 31.7 Å². The molecule has 2 aliphatic rings. The van der Waals surface area contributed by atoms with Crippen molar-refractivity contribution in [2.75, 3.05) is 13.2 Å². The van der Waals surface area contributed by atoms with Crippen molar-refractivity contribution in [1.29, 1.82) is 0 Å². The summed E-state index contributed by atoms with van der Waals surface area (Å²) in [5, 5.41) is 0. The van der Waals surface area contributed by atoms with Crippen molar-refractivity contribution in [3.8, 4) is 11.5 Å². The van der Waals surface area contributed by atoms with Gasteiger partial charge in [-0.05, 0) is 36.5 Å². The van der Waals surface area contributed by atoms with Gasteiger partial charge in [0.1, 0.15) is 13.2 Å². The van der Waals surface area contributed by atoms with Gasteiger partial charge in [0, 0.05) is 6.04 Å². The van der Waals surface area contributed by atoms with Crippen LogP contribution in [0.1, 0.15) is 37.3 Å². The Hall–Kier alpha value is -1.26. The third kappa shape index (κ3) is 2.18. The minimum absolute atomic E-state index is 0.225. The SMILES string of the molecule is NNC(c1ccc2c(c1)OCCO2)C1CCCC1. The molecule has 98 valence electrons. The fraction of sp³-hybridized carbons (Fsp3) is 0.571. The molecular formula is C14H20N2O2. The zero-order valence-corrected chi connectivity index (χ0v) is 10.5. The number of fused-ring (bicyclic) bond motifs is 1. The molecule has 3 rings (SSSR count). The third-order valence-electron chi connectivity index (χ3n) is 3.98. The fourth-order valence-corrected chi connectivity index (χ4v) is 3.05. The van der Waals surface area contributed by atoms with Crippen LogP contribution in [-0.4, -0.2) is 13.2 Å². The van der Waals surface area contributed by atoms with Gasteiger partial charge in [-0.2, -0.15) is 0 Å². The van der Waals surface area contributed by atoms with E-state index < -0.39 is 0 Å². The first-order valence-corrected chi connectivity index (χ1v) is 6.74. The summed E-state index contributed by atoms with van der Waals surface area (Å²) in [7, 11) is 0. The van der Waals surface area contributed by atoms with Gasteiger partial charge in [-0.1, -0.05) is 18.9 Å². The van der Waals surface area contributed by atoms with E-state index in [0.29, 0.717) is 19.1 Å². The largest absolute Gasteiger partial charge is 0.486 e. The number of nitrogens with one attached hydrogen (secondary N) is 1. The summed E-state index contributed by atoms with van der Waals surface area (Å²) in [6, 6.07) is 6.37. The van der Waals surface area contributed by atoms with E-state index in [2.05, 4.69) is 17.6 Å². The fourth-order valence-electron chi connectivity index (χ4n) is 3.05. The average Bonchev–Trinajstić information content (AvgIpc) is 2.93. The van der Waals surface area contributed by atoms with Crippen LogP contribution in [-0.2, 0) is 0 Å². The highest BCUT2D eigenvalue weighted by Crippen LogP contribution is 2.38. The highest BCUT2D eigenvalue weighted by atomic mass is 16.6. The number of hydrogen-bond acceptors (Lipinski definition) is 4. The van der Waals surface area contributed by atoms with Crippen LogP contribution in [0, 0.1) is 5.92 Å². The molecule has 1 heterocycles. The topological polar surface area (TPSA) is 56.5 Å². The summed E-state index contributed by atoms with van der Waals surface area (Å²) in [6.45, 7) is 1.26. The van der Waals surface area contributed by atoms with Gasteiger partial charge in [0.2, 0.25) is 0 Å². The second kappa shape index (κ2) is 5.16. The first kappa shape index (κ1) is 11.8. The standard InChI is InChI=1S/C14H20N2O2/c15-16-14(10-3-1-2-4-10)11-5-6-12-13(9-11)18-8-7-17-12/h5-6,9-10,14,16H,1-4,7-8,15H2. The molecule has 3 N–H and O–H groups in total. The molecule has 1 aliphatic heterocycles. The lowest BCUT2D eigenvalue weighted by Gasteiger charge is -2.25. The Bertz CT molecular complexity index is 416. The molecule has 0 aromatic heterocycles. The maximum atomic E-state index is 5.74. The normalized spacial score (nSPS) is 20.9. The second-order valence-electron chi connectivity index (χ2n) is 5.09. The Morgan fingerprint density at radius 2 is 1.83 bits per heavy atom.